The van der Waals surface area contributed by atoms with Gasteiger partial charge in [0.05, 0.1) is 24.5 Å². The molecule has 0 radical (unpaired) electrons. The van der Waals surface area contributed by atoms with Crippen LogP contribution in [0.1, 0.15) is 40.2 Å². The van der Waals surface area contributed by atoms with Crippen molar-refractivity contribution in [2.24, 2.45) is 5.92 Å². The molecular weight excluding hydrogens is 378 g/mol. The molecule has 2 aromatic heterocycles. The Labute approximate surface area is 168 Å². The van der Waals surface area contributed by atoms with Crippen LogP contribution in [0, 0.1) is 19.8 Å². The summed E-state index contributed by atoms with van der Waals surface area (Å²) in [4.78, 5) is 19.6. The lowest BCUT2D eigenvalue weighted by Gasteiger charge is -2.35. The summed E-state index contributed by atoms with van der Waals surface area (Å²) in [5, 5.41) is 4.74. The van der Waals surface area contributed by atoms with Gasteiger partial charge in [-0.1, -0.05) is 5.16 Å². The second-order valence-corrected chi connectivity index (χ2v) is 8.18. The third-order valence-corrected chi connectivity index (χ3v) is 6.35. The van der Waals surface area contributed by atoms with Crippen molar-refractivity contribution in [2.45, 2.75) is 43.8 Å². The van der Waals surface area contributed by atoms with Crippen LogP contribution >= 0.6 is 11.8 Å². The molecule has 0 aromatic carbocycles. The molecule has 1 unspecified atom stereocenters. The van der Waals surface area contributed by atoms with E-state index in [9.17, 15) is 4.79 Å². The Morgan fingerprint density at radius 3 is 2.89 bits per heavy atom. The lowest BCUT2D eigenvalue weighted by atomic mass is 9.97. The topological polar surface area (TPSA) is 77.7 Å². The van der Waals surface area contributed by atoms with Gasteiger partial charge in [-0.3, -0.25) is 4.79 Å². The Bertz CT molecular complexity index is 815. The highest BCUT2D eigenvalue weighted by atomic mass is 32.2. The lowest BCUT2D eigenvalue weighted by molar-refractivity contribution is -0.0969. The molecule has 150 valence electrons. The maximum atomic E-state index is 13.2. The number of hydrogen-bond acceptors (Lipinski definition) is 7. The van der Waals surface area contributed by atoms with E-state index in [2.05, 4.69) is 10.1 Å². The van der Waals surface area contributed by atoms with Gasteiger partial charge in [-0.15, -0.1) is 11.8 Å². The highest BCUT2D eigenvalue weighted by molar-refractivity contribution is 7.98. The number of ether oxygens (including phenoxy) is 2. The van der Waals surface area contributed by atoms with Gasteiger partial charge in [-0.2, -0.15) is 0 Å². The summed E-state index contributed by atoms with van der Waals surface area (Å²) in [5.41, 5.74) is 2.58. The number of pyridine rings is 1. The maximum absolute atomic E-state index is 13.2. The molecule has 4 rings (SSSR count). The molecule has 2 fully saturated rings. The first-order valence-electron chi connectivity index (χ1n) is 9.65. The molecule has 2 aliphatic heterocycles. The van der Waals surface area contributed by atoms with Crippen LogP contribution in [0.3, 0.4) is 0 Å². The number of carbonyl (C=O) groups is 1. The van der Waals surface area contributed by atoms with Crippen molar-refractivity contribution in [1.82, 2.24) is 15.0 Å². The highest BCUT2D eigenvalue weighted by Gasteiger charge is 2.33. The lowest BCUT2D eigenvalue weighted by Crippen LogP contribution is -2.44. The molecule has 7 nitrogen and oxygen atoms in total. The Morgan fingerprint density at radius 2 is 2.14 bits per heavy atom. The van der Waals surface area contributed by atoms with Gasteiger partial charge in [0.15, 0.2) is 6.29 Å². The van der Waals surface area contributed by atoms with Gasteiger partial charge in [0.1, 0.15) is 10.8 Å². The normalized spacial score (nSPS) is 20.6. The van der Waals surface area contributed by atoms with E-state index in [4.69, 9.17) is 14.0 Å². The quantitative estimate of drug-likeness (QED) is 0.710. The van der Waals surface area contributed by atoms with Crippen LogP contribution in [0.25, 0.3) is 0 Å². The predicted molar refractivity (Wildman–Crippen MR) is 104 cm³/mol. The number of rotatable bonds is 5. The highest BCUT2D eigenvalue weighted by Crippen LogP contribution is 2.30. The second-order valence-electron chi connectivity index (χ2n) is 7.21. The molecule has 0 spiro atoms. The van der Waals surface area contributed by atoms with Crippen molar-refractivity contribution in [3.63, 3.8) is 0 Å². The van der Waals surface area contributed by atoms with Crippen molar-refractivity contribution in [3.05, 3.63) is 40.9 Å². The van der Waals surface area contributed by atoms with E-state index in [0.717, 1.165) is 41.4 Å². The van der Waals surface area contributed by atoms with Gasteiger partial charge in [-0.05, 0) is 38.8 Å². The summed E-state index contributed by atoms with van der Waals surface area (Å²) < 4.78 is 16.6. The van der Waals surface area contributed by atoms with Crippen LogP contribution in [0.5, 0.6) is 0 Å². The number of amides is 1. The number of aromatic nitrogens is 2. The van der Waals surface area contributed by atoms with Crippen molar-refractivity contribution in [1.29, 1.82) is 0 Å². The number of thioether (sulfide) groups is 1. The zero-order valence-corrected chi connectivity index (χ0v) is 17.0. The molecule has 0 aliphatic carbocycles. The second kappa shape index (κ2) is 8.63. The standard InChI is InChI=1S/C20H25N3O4S/c1-13-17(14(2)27-22-13)12-28-18-16(6-3-7-21-18)19(24)23-8-4-5-15(11-23)20-25-9-10-26-20/h3,6-7,15,20H,4-5,8-12H2,1-2H3. The van der Waals surface area contributed by atoms with Gasteiger partial charge in [0.2, 0.25) is 0 Å². The van der Waals surface area contributed by atoms with Gasteiger partial charge in [0.25, 0.3) is 5.91 Å². The minimum atomic E-state index is -0.183. The van der Waals surface area contributed by atoms with Crippen LogP contribution < -0.4 is 0 Å². The van der Waals surface area contributed by atoms with Crippen molar-refractivity contribution < 1.29 is 18.8 Å². The molecule has 0 N–H and O–H groups in total. The van der Waals surface area contributed by atoms with Crippen LogP contribution in [0.2, 0.25) is 0 Å². The summed E-state index contributed by atoms with van der Waals surface area (Å²) >= 11 is 1.54. The molecule has 2 saturated heterocycles. The molecule has 0 bridgehead atoms. The van der Waals surface area contributed by atoms with Crippen LogP contribution in [-0.4, -0.2) is 53.5 Å². The fraction of sp³-hybridized carbons (Fsp3) is 0.550. The zero-order valence-electron chi connectivity index (χ0n) is 16.2. The third-order valence-electron chi connectivity index (χ3n) is 5.31. The fourth-order valence-electron chi connectivity index (χ4n) is 3.75. The largest absolute Gasteiger partial charge is 0.361 e. The summed E-state index contributed by atoms with van der Waals surface area (Å²) in [5.74, 6) is 1.74. The summed E-state index contributed by atoms with van der Waals surface area (Å²) in [7, 11) is 0. The molecule has 0 saturated carbocycles. The Kier molecular flexibility index (Phi) is 5.99. The molecule has 2 aromatic rings. The molecule has 4 heterocycles. The van der Waals surface area contributed by atoms with E-state index in [1.165, 1.54) is 0 Å². The molecule has 1 amide bonds. The fourth-order valence-corrected chi connectivity index (χ4v) is 4.89. The average molecular weight is 404 g/mol. The van der Waals surface area contributed by atoms with E-state index in [-0.39, 0.29) is 18.1 Å². The number of aryl methyl sites for hydroxylation is 2. The molecule has 28 heavy (non-hydrogen) atoms. The van der Waals surface area contributed by atoms with E-state index in [1.807, 2.05) is 30.9 Å². The molecule has 1 atom stereocenters. The molecule has 2 aliphatic rings. The minimum absolute atomic E-state index is 0.0251. The van der Waals surface area contributed by atoms with Crippen molar-refractivity contribution in [3.8, 4) is 0 Å². The average Bonchev–Trinajstić information content (AvgIpc) is 3.37. The summed E-state index contributed by atoms with van der Waals surface area (Å²) in [6, 6.07) is 3.68. The summed E-state index contributed by atoms with van der Waals surface area (Å²) in [6.07, 6.45) is 3.53. The van der Waals surface area contributed by atoms with Crippen LogP contribution in [-0.2, 0) is 15.2 Å². The number of carbonyl (C=O) groups excluding carboxylic acids is 1. The van der Waals surface area contributed by atoms with Crippen LogP contribution in [0.15, 0.2) is 27.9 Å². The van der Waals surface area contributed by atoms with Crippen LogP contribution in [0.4, 0.5) is 0 Å². The first-order valence-corrected chi connectivity index (χ1v) is 10.6. The first-order chi connectivity index (χ1) is 13.6. The Hall–Kier alpha value is -1.90. The smallest absolute Gasteiger partial charge is 0.256 e. The van der Waals surface area contributed by atoms with E-state index in [0.29, 0.717) is 31.1 Å². The van der Waals surface area contributed by atoms with Gasteiger partial charge >= 0.3 is 0 Å². The third kappa shape index (κ3) is 4.09. The Balaban J connectivity index is 1.47. The van der Waals surface area contributed by atoms with Gasteiger partial charge < -0.3 is 18.9 Å². The van der Waals surface area contributed by atoms with E-state index in [1.54, 1.807) is 18.0 Å². The number of piperidine rings is 1. The number of likely N-dealkylation sites (tertiary alicyclic amines) is 1. The summed E-state index contributed by atoms with van der Waals surface area (Å²) in [6.45, 7) is 6.52. The van der Waals surface area contributed by atoms with E-state index >= 15 is 0 Å². The number of hydrogen-bond donors (Lipinski definition) is 0. The van der Waals surface area contributed by atoms with Gasteiger partial charge in [-0.25, -0.2) is 4.98 Å². The monoisotopic (exact) mass is 403 g/mol. The first kappa shape index (κ1) is 19.4. The Morgan fingerprint density at radius 1 is 1.32 bits per heavy atom. The molecular formula is C20H25N3O4S. The maximum Gasteiger partial charge on any atom is 0.256 e. The minimum Gasteiger partial charge on any atom is -0.361 e. The number of nitrogens with zero attached hydrogens (tertiary/aromatic N) is 3. The van der Waals surface area contributed by atoms with Gasteiger partial charge in [0, 0.05) is 36.5 Å². The zero-order chi connectivity index (χ0) is 19.5. The van der Waals surface area contributed by atoms with E-state index < -0.39 is 0 Å². The predicted octanol–water partition coefficient (Wildman–Crippen LogP) is 3.20. The SMILES string of the molecule is Cc1noc(C)c1CSc1ncccc1C(=O)N1CCCC(C2OCCO2)C1. The van der Waals surface area contributed by atoms with Crippen molar-refractivity contribution >= 4 is 17.7 Å². The molecule has 8 heteroatoms. The van der Waals surface area contributed by atoms with Crippen molar-refractivity contribution in [2.75, 3.05) is 26.3 Å².